The van der Waals surface area contributed by atoms with Gasteiger partial charge in [-0.2, -0.15) is 5.26 Å². The number of hydrogen-bond donors (Lipinski definition) is 1. The summed E-state index contributed by atoms with van der Waals surface area (Å²) in [7, 11) is 0. The first-order valence-corrected chi connectivity index (χ1v) is 7.56. The third-order valence-corrected chi connectivity index (χ3v) is 4.02. The zero-order valence-electron chi connectivity index (χ0n) is 12.9. The van der Waals surface area contributed by atoms with Crippen molar-refractivity contribution in [3.8, 4) is 6.07 Å². The van der Waals surface area contributed by atoms with Crippen LogP contribution in [0.4, 0.5) is 0 Å². The summed E-state index contributed by atoms with van der Waals surface area (Å²) in [6.07, 6.45) is 3.53. The Hall–Kier alpha value is -0.630. The lowest BCUT2D eigenvalue weighted by Crippen LogP contribution is -2.49. The molecule has 0 aromatic carbocycles. The molecule has 1 fully saturated rings. The van der Waals surface area contributed by atoms with E-state index in [1.807, 2.05) is 13.8 Å². The maximum atomic E-state index is 9.32. The Morgan fingerprint density at radius 1 is 1.42 bits per heavy atom. The van der Waals surface area contributed by atoms with Crippen molar-refractivity contribution < 1.29 is 4.74 Å². The number of nitrogens with one attached hydrogen (secondary N) is 1. The molecule has 0 radical (unpaired) electrons. The average Bonchev–Trinajstić information content (AvgIpc) is 2.40. The quantitative estimate of drug-likeness (QED) is 0.768. The fraction of sp³-hybridized carbons (Fsp3) is 0.933. The summed E-state index contributed by atoms with van der Waals surface area (Å²) in [6.45, 7) is 12.2. The van der Waals surface area contributed by atoms with Gasteiger partial charge >= 0.3 is 0 Å². The number of hydrogen-bond acceptors (Lipinski definition) is 4. The van der Waals surface area contributed by atoms with Gasteiger partial charge in [-0.25, -0.2) is 0 Å². The molecular weight excluding hydrogens is 238 g/mol. The van der Waals surface area contributed by atoms with Gasteiger partial charge in [0.2, 0.25) is 0 Å². The number of piperidine rings is 1. The molecule has 1 saturated heterocycles. The molecule has 2 atom stereocenters. The second kappa shape index (κ2) is 7.84. The van der Waals surface area contributed by atoms with E-state index in [2.05, 4.69) is 30.1 Å². The number of nitrogens with zero attached hydrogens (tertiary/aromatic N) is 2. The van der Waals surface area contributed by atoms with Crippen LogP contribution in [0, 0.1) is 11.3 Å². The fourth-order valence-corrected chi connectivity index (χ4v) is 2.99. The first-order valence-electron chi connectivity index (χ1n) is 7.56. The first-order chi connectivity index (χ1) is 9.04. The van der Waals surface area contributed by atoms with Gasteiger partial charge in [0.05, 0.1) is 12.2 Å². The Morgan fingerprint density at radius 2 is 2.05 bits per heavy atom. The zero-order valence-corrected chi connectivity index (χ0v) is 12.9. The van der Waals surface area contributed by atoms with E-state index >= 15 is 0 Å². The summed E-state index contributed by atoms with van der Waals surface area (Å²) in [4.78, 5) is 2.49. The monoisotopic (exact) mass is 267 g/mol. The summed E-state index contributed by atoms with van der Waals surface area (Å²) in [5.74, 6) is 0. The summed E-state index contributed by atoms with van der Waals surface area (Å²) in [5, 5.41) is 12.6. The third-order valence-electron chi connectivity index (χ3n) is 4.02. The maximum absolute atomic E-state index is 9.32. The van der Waals surface area contributed by atoms with Gasteiger partial charge < -0.3 is 9.64 Å². The van der Waals surface area contributed by atoms with E-state index < -0.39 is 5.54 Å². The van der Waals surface area contributed by atoms with Gasteiger partial charge in [0, 0.05) is 25.7 Å². The summed E-state index contributed by atoms with van der Waals surface area (Å²) >= 11 is 0. The highest BCUT2D eigenvalue weighted by Crippen LogP contribution is 2.21. The normalized spacial score (nSPS) is 22.7. The maximum Gasteiger partial charge on any atom is 0.105 e. The van der Waals surface area contributed by atoms with Crippen molar-refractivity contribution in [3.05, 3.63) is 0 Å². The minimum atomic E-state index is -0.412. The minimum Gasteiger partial charge on any atom is -0.378 e. The molecule has 1 aliphatic rings. The predicted molar refractivity (Wildman–Crippen MR) is 78.0 cm³/mol. The number of likely N-dealkylation sites (tertiary alicyclic amines) is 1. The molecule has 1 N–H and O–H groups in total. The highest BCUT2D eigenvalue weighted by atomic mass is 16.5. The van der Waals surface area contributed by atoms with Gasteiger partial charge in [-0.3, -0.25) is 5.32 Å². The lowest BCUT2D eigenvalue weighted by Gasteiger charge is -2.38. The van der Waals surface area contributed by atoms with Crippen molar-refractivity contribution in [1.82, 2.24) is 10.2 Å². The smallest absolute Gasteiger partial charge is 0.105 e. The molecule has 0 aromatic rings. The number of nitriles is 1. The van der Waals surface area contributed by atoms with Crippen molar-refractivity contribution >= 4 is 0 Å². The molecule has 4 heteroatoms. The van der Waals surface area contributed by atoms with Gasteiger partial charge in [0.15, 0.2) is 0 Å². The topological polar surface area (TPSA) is 48.3 Å². The van der Waals surface area contributed by atoms with E-state index in [1.54, 1.807) is 0 Å². The SMILES string of the molecule is CCNC(C)(C#N)CC(C)N1CCC(OCC)CC1. The Bertz CT molecular complexity index is 294. The van der Waals surface area contributed by atoms with Crippen molar-refractivity contribution in [2.75, 3.05) is 26.2 Å². The lowest BCUT2D eigenvalue weighted by atomic mass is 9.93. The molecule has 19 heavy (non-hydrogen) atoms. The second-order valence-electron chi connectivity index (χ2n) is 5.72. The lowest BCUT2D eigenvalue weighted by molar-refractivity contribution is 0.00330. The van der Waals surface area contributed by atoms with Gasteiger partial charge in [0.1, 0.15) is 5.54 Å². The molecule has 0 aromatic heterocycles. The van der Waals surface area contributed by atoms with Crippen LogP contribution in [-0.2, 0) is 4.74 Å². The molecule has 1 rings (SSSR count). The van der Waals surface area contributed by atoms with Gasteiger partial charge in [-0.15, -0.1) is 0 Å². The van der Waals surface area contributed by atoms with Crippen molar-refractivity contribution in [2.24, 2.45) is 0 Å². The highest BCUT2D eigenvalue weighted by molar-refractivity contribution is 5.05. The summed E-state index contributed by atoms with van der Waals surface area (Å²) in [5.41, 5.74) is -0.412. The van der Waals surface area contributed by atoms with Crippen LogP contribution in [-0.4, -0.2) is 48.8 Å². The number of rotatable bonds is 7. The Morgan fingerprint density at radius 3 is 2.53 bits per heavy atom. The first kappa shape index (κ1) is 16.4. The van der Waals surface area contributed by atoms with Crippen LogP contribution in [0.25, 0.3) is 0 Å². The van der Waals surface area contributed by atoms with Crippen LogP contribution in [0.5, 0.6) is 0 Å². The largest absolute Gasteiger partial charge is 0.378 e. The molecule has 110 valence electrons. The van der Waals surface area contributed by atoms with E-state index in [9.17, 15) is 5.26 Å². The van der Waals surface area contributed by atoms with Gasteiger partial charge in [-0.1, -0.05) is 6.92 Å². The predicted octanol–water partition coefficient (Wildman–Crippen LogP) is 2.16. The van der Waals surface area contributed by atoms with E-state index in [0.717, 1.165) is 45.5 Å². The van der Waals surface area contributed by atoms with Crippen LogP contribution < -0.4 is 5.32 Å². The molecule has 0 bridgehead atoms. The zero-order chi connectivity index (χ0) is 14.3. The Kier molecular flexibility index (Phi) is 6.78. The van der Waals surface area contributed by atoms with E-state index in [1.165, 1.54) is 0 Å². The highest BCUT2D eigenvalue weighted by Gasteiger charge is 2.30. The van der Waals surface area contributed by atoms with Crippen LogP contribution in [0.15, 0.2) is 0 Å². The molecule has 1 aliphatic heterocycles. The van der Waals surface area contributed by atoms with Crippen LogP contribution >= 0.6 is 0 Å². The second-order valence-corrected chi connectivity index (χ2v) is 5.72. The Labute approximate surface area is 118 Å². The van der Waals surface area contributed by atoms with Crippen LogP contribution in [0.2, 0.25) is 0 Å². The molecule has 0 saturated carbocycles. The van der Waals surface area contributed by atoms with Crippen molar-refractivity contribution in [1.29, 1.82) is 5.26 Å². The van der Waals surface area contributed by atoms with Crippen LogP contribution in [0.3, 0.4) is 0 Å². The van der Waals surface area contributed by atoms with Gasteiger partial charge in [-0.05, 0) is 46.6 Å². The molecule has 0 amide bonds. The molecular formula is C15H29N3O. The van der Waals surface area contributed by atoms with E-state index in [0.29, 0.717) is 12.1 Å². The van der Waals surface area contributed by atoms with Gasteiger partial charge in [0.25, 0.3) is 0 Å². The molecule has 4 nitrogen and oxygen atoms in total. The Balaban J connectivity index is 2.42. The minimum absolute atomic E-state index is 0.412. The molecule has 2 unspecified atom stereocenters. The molecule has 1 heterocycles. The average molecular weight is 267 g/mol. The van der Waals surface area contributed by atoms with Crippen molar-refractivity contribution in [3.63, 3.8) is 0 Å². The third kappa shape index (κ3) is 5.10. The number of ether oxygens (including phenoxy) is 1. The summed E-state index contributed by atoms with van der Waals surface area (Å²) < 4.78 is 5.68. The van der Waals surface area contributed by atoms with Crippen LogP contribution in [0.1, 0.15) is 47.0 Å². The summed E-state index contributed by atoms with van der Waals surface area (Å²) in [6, 6.07) is 2.85. The van der Waals surface area contributed by atoms with E-state index in [-0.39, 0.29) is 0 Å². The van der Waals surface area contributed by atoms with E-state index in [4.69, 9.17) is 4.74 Å². The molecule has 0 spiro atoms. The standard InChI is InChI=1S/C15H29N3O/c1-5-17-15(4,12-16)11-13(3)18-9-7-14(8-10-18)19-6-2/h13-14,17H,5-11H2,1-4H3. The van der Waals surface area contributed by atoms with Crippen molar-refractivity contribution in [2.45, 2.75) is 64.6 Å². The molecule has 0 aliphatic carbocycles. The fourth-order valence-electron chi connectivity index (χ4n) is 2.99.